The van der Waals surface area contributed by atoms with Crippen LogP contribution < -0.4 is 4.90 Å². The molecule has 4 aromatic rings. The molecule has 0 aliphatic rings. The number of para-hydroxylation sites is 1. The van der Waals surface area contributed by atoms with Gasteiger partial charge >= 0.3 is 0 Å². The number of aromatic nitrogens is 2. The van der Waals surface area contributed by atoms with E-state index in [0.717, 1.165) is 15.8 Å². The lowest BCUT2D eigenvalue weighted by Crippen LogP contribution is -2.32. The van der Waals surface area contributed by atoms with Crippen molar-refractivity contribution in [2.75, 3.05) is 10.7 Å². The number of sulfone groups is 1. The van der Waals surface area contributed by atoms with Gasteiger partial charge in [-0.3, -0.25) is 14.7 Å². The number of hydrogen-bond donors (Lipinski definition) is 0. The van der Waals surface area contributed by atoms with Crippen LogP contribution in [0.15, 0.2) is 79.1 Å². The Morgan fingerprint density at radius 1 is 0.935 bits per heavy atom. The maximum atomic E-state index is 13.1. The maximum absolute atomic E-state index is 13.1. The largest absolute Gasteiger partial charge is 0.284 e. The van der Waals surface area contributed by atoms with Gasteiger partial charge in [0.05, 0.1) is 28.3 Å². The first-order valence-corrected chi connectivity index (χ1v) is 12.4. The van der Waals surface area contributed by atoms with Gasteiger partial charge in [-0.15, -0.1) is 0 Å². The molecule has 0 N–H and O–H groups in total. The molecule has 1 amide bonds. The van der Waals surface area contributed by atoms with Crippen molar-refractivity contribution in [3.05, 3.63) is 90.3 Å². The summed E-state index contributed by atoms with van der Waals surface area (Å²) in [6.07, 6.45) is 3.26. The number of fused-ring (bicyclic) bond motifs is 1. The zero-order chi connectivity index (χ0) is 21.7. The van der Waals surface area contributed by atoms with Gasteiger partial charge < -0.3 is 0 Å². The van der Waals surface area contributed by atoms with Gasteiger partial charge in [-0.05, 0) is 29.3 Å². The molecule has 2 aromatic heterocycles. The first-order chi connectivity index (χ1) is 15.0. The van der Waals surface area contributed by atoms with E-state index in [1.54, 1.807) is 47.6 Å². The van der Waals surface area contributed by atoms with E-state index in [9.17, 15) is 13.2 Å². The average Bonchev–Trinajstić information content (AvgIpc) is 3.21. The number of carbonyl (C=O) groups excluding carboxylic acids is 1. The number of rotatable bonds is 8. The number of anilines is 1. The van der Waals surface area contributed by atoms with Crippen molar-refractivity contribution < 1.29 is 13.2 Å². The molecule has 31 heavy (non-hydrogen) atoms. The van der Waals surface area contributed by atoms with E-state index in [-0.39, 0.29) is 30.4 Å². The standard InChI is InChI=1S/C23H21N3O3S2/c27-22(12-14-31(28,29)17-18-7-2-1-3-8-18)26(16-19-9-6-13-24-15-19)23-25-20-10-4-5-11-21(20)30-23/h1-11,13,15H,12,14,16-17H2. The number of pyridine rings is 1. The Balaban J connectivity index is 1.53. The number of nitrogens with zero attached hydrogens (tertiary/aromatic N) is 3. The van der Waals surface area contributed by atoms with E-state index in [2.05, 4.69) is 9.97 Å². The highest BCUT2D eigenvalue weighted by Crippen LogP contribution is 2.30. The van der Waals surface area contributed by atoms with Crippen LogP contribution in [0.25, 0.3) is 10.2 Å². The lowest BCUT2D eigenvalue weighted by Gasteiger charge is -2.20. The van der Waals surface area contributed by atoms with Crippen LogP contribution in [0.3, 0.4) is 0 Å². The van der Waals surface area contributed by atoms with Gasteiger partial charge in [-0.1, -0.05) is 59.9 Å². The topological polar surface area (TPSA) is 80.2 Å². The van der Waals surface area contributed by atoms with Crippen molar-refractivity contribution in [2.24, 2.45) is 0 Å². The molecule has 6 nitrogen and oxygen atoms in total. The minimum atomic E-state index is -3.42. The van der Waals surface area contributed by atoms with Crippen LogP contribution in [-0.2, 0) is 26.9 Å². The van der Waals surface area contributed by atoms with Crippen LogP contribution in [0.1, 0.15) is 17.5 Å². The zero-order valence-electron chi connectivity index (χ0n) is 16.7. The summed E-state index contributed by atoms with van der Waals surface area (Å²) in [5.41, 5.74) is 2.37. The monoisotopic (exact) mass is 451 g/mol. The second-order valence-electron chi connectivity index (χ2n) is 7.13. The lowest BCUT2D eigenvalue weighted by atomic mass is 10.2. The SMILES string of the molecule is O=C(CCS(=O)(=O)Cc1ccccc1)N(Cc1cccnc1)c1nc2ccccc2s1. The number of hydrogen-bond acceptors (Lipinski definition) is 6. The van der Waals surface area contributed by atoms with Crippen molar-refractivity contribution in [3.63, 3.8) is 0 Å². The molecule has 2 aromatic carbocycles. The molecule has 0 radical (unpaired) electrons. The molecular formula is C23H21N3O3S2. The van der Waals surface area contributed by atoms with Gasteiger partial charge in [0.15, 0.2) is 15.0 Å². The molecule has 0 unspecified atom stereocenters. The quantitative estimate of drug-likeness (QED) is 0.400. The Bertz CT molecular complexity index is 1240. The Hall–Kier alpha value is -3.10. The molecule has 0 fully saturated rings. The summed E-state index contributed by atoms with van der Waals surface area (Å²) in [5.74, 6) is -0.570. The summed E-state index contributed by atoms with van der Waals surface area (Å²) in [7, 11) is -3.42. The molecule has 0 atom stereocenters. The molecule has 2 heterocycles. The minimum Gasteiger partial charge on any atom is -0.284 e. The van der Waals surface area contributed by atoms with E-state index < -0.39 is 9.84 Å². The van der Waals surface area contributed by atoms with Crippen LogP contribution in [0.2, 0.25) is 0 Å². The summed E-state index contributed by atoms with van der Waals surface area (Å²) in [6.45, 7) is 0.283. The van der Waals surface area contributed by atoms with Crippen LogP contribution in [0.4, 0.5) is 5.13 Å². The van der Waals surface area contributed by atoms with E-state index in [4.69, 9.17) is 0 Å². The smallest absolute Gasteiger partial charge is 0.230 e. The maximum Gasteiger partial charge on any atom is 0.230 e. The first kappa shape index (κ1) is 21.1. The van der Waals surface area contributed by atoms with Crippen molar-refractivity contribution in [3.8, 4) is 0 Å². The summed E-state index contributed by atoms with van der Waals surface area (Å²) < 4.78 is 26.1. The molecule has 0 spiro atoms. The molecule has 0 saturated heterocycles. The second kappa shape index (κ2) is 9.36. The van der Waals surface area contributed by atoms with Crippen molar-refractivity contribution in [2.45, 2.75) is 18.7 Å². The fraction of sp³-hybridized carbons (Fsp3) is 0.174. The molecule has 0 bridgehead atoms. The Morgan fingerprint density at radius 3 is 2.42 bits per heavy atom. The van der Waals surface area contributed by atoms with Crippen molar-refractivity contribution in [1.29, 1.82) is 0 Å². The number of amides is 1. The highest BCUT2D eigenvalue weighted by atomic mass is 32.2. The molecule has 0 aliphatic heterocycles. The summed E-state index contributed by atoms with van der Waals surface area (Å²) >= 11 is 1.41. The highest BCUT2D eigenvalue weighted by molar-refractivity contribution is 7.90. The predicted octanol–water partition coefficient (Wildman–Crippen LogP) is 4.23. The van der Waals surface area contributed by atoms with E-state index in [0.29, 0.717) is 10.7 Å². The summed E-state index contributed by atoms with van der Waals surface area (Å²) in [4.78, 5) is 23.4. The van der Waals surface area contributed by atoms with E-state index >= 15 is 0 Å². The fourth-order valence-electron chi connectivity index (χ4n) is 3.19. The summed E-state index contributed by atoms with van der Waals surface area (Å²) in [5, 5.41) is 0.551. The Morgan fingerprint density at radius 2 is 1.68 bits per heavy atom. The lowest BCUT2D eigenvalue weighted by molar-refractivity contribution is -0.118. The number of carbonyl (C=O) groups is 1. The molecule has 158 valence electrons. The molecule has 0 saturated carbocycles. The van der Waals surface area contributed by atoms with Crippen LogP contribution >= 0.6 is 11.3 Å². The minimum absolute atomic E-state index is 0.0785. The van der Waals surface area contributed by atoms with Gasteiger partial charge in [-0.2, -0.15) is 0 Å². The molecular weight excluding hydrogens is 430 g/mol. The Labute approximate surface area is 185 Å². The van der Waals surface area contributed by atoms with E-state index in [1.165, 1.54) is 11.3 Å². The molecule has 4 rings (SSSR count). The fourth-order valence-corrected chi connectivity index (χ4v) is 5.50. The average molecular weight is 452 g/mol. The number of benzene rings is 2. The summed E-state index contributed by atoms with van der Waals surface area (Å²) in [6, 6.07) is 20.4. The van der Waals surface area contributed by atoms with Gasteiger partial charge in [0.25, 0.3) is 0 Å². The van der Waals surface area contributed by atoms with Gasteiger partial charge in [0.2, 0.25) is 5.91 Å². The van der Waals surface area contributed by atoms with Gasteiger partial charge in [0.1, 0.15) is 0 Å². The van der Waals surface area contributed by atoms with Crippen molar-refractivity contribution >= 4 is 42.4 Å². The van der Waals surface area contributed by atoms with Crippen LogP contribution in [0, 0.1) is 0 Å². The Kier molecular flexibility index (Phi) is 6.39. The predicted molar refractivity (Wildman–Crippen MR) is 124 cm³/mol. The zero-order valence-corrected chi connectivity index (χ0v) is 18.3. The van der Waals surface area contributed by atoms with Gasteiger partial charge in [0, 0.05) is 18.8 Å². The third kappa shape index (κ3) is 5.53. The van der Waals surface area contributed by atoms with Gasteiger partial charge in [-0.25, -0.2) is 13.4 Å². The third-order valence-electron chi connectivity index (χ3n) is 4.73. The highest BCUT2D eigenvalue weighted by Gasteiger charge is 2.23. The van der Waals surface area contributed by atoms with Crippen LogP contribution in [-0.4, -0.2) is 30.0 Å². The van der Waals surface area contributed by atoms with E-state index in [1.807, 2.05) is 36.4 Å². The molecule has 8 heteroatoms. The van der Waals surface area contributed by atoms with Crippen LogP contribution in [0.5, 0.6) is 0 Å². The van der Waals surface area contributed by atoms with Crippen molar-refractivity contribution in [1.82, 2.24) is 9.97 Å². The third-order valence-corrected chi connectivity index (χ3v) is 7.39. The normalized spacial score (nSPS) is 11.5. The molecule has 0 aliphatic carbocycles. The second-order valence-corrected chi connectivity index (χ2v) is 10.3. The first-order valence-electron chi connectivity index (χ1n) is 9.79. The number of thiazole rings is 1.